The molecule has 0 saturated carbocycles. The highest BCUT2D eigenvalue weighted by Gasteiger charge is 2.19. The summed E-state index contributed by atoms with van der Waals surface area (Å²) in [6.45, 7) is 6.47. The lowest BCUT2D eigenvalue weighted by Gasteiger charge is -2.18. The van der Waals surface area contributed by atoms with Crippen molar-refractivity contribution in [3.8, 4) is 0 Å². The molecule has 0 aromatic carbocycles. The van der Waals surface area contributed by atoms with Crippen molar-refractivity contribution in [3.05, 3.63) is 97.2 Å². The van der Waals surface area contributed by atoms with Gasteiger partial charge in [-0.1, -0.05) is 227 Å². The Labute approximate surface area is 432 Å². The van der Waals surface area contributed by atoms with Gasteiger partial charge in [-0.2, -0.15) is 0 Å². The lowest BCUT2D eigenvalue weighted by molar-refractivity contribution is -0.167. The molecule has 0 aromatic rings. The number of unbranched alkanes of at least 4 members (excludes halogenated alkanes) is 25. The number of rotatable bonds is 52. The van der Waals surface area contributed by atoms with Crippen LogP contribution in [0.5, 0.6) is 0 Å². The average Bonchev–Trinajstić information content (AvgIpc) is 3.36. The minimum Gasteiger partial charge on any atom is -0.462 e. The molecule has 1 atom stereocenters. The van der Waals surface area contributed by atoms with Gasteiger partial charge in [0.05, 0.1) is 0 Å². The Morgan fingerprint density at radius 2 is 0.557 bits per heavy atom. The van der Waals surface area contributed by atoms with Crippen LogP contribution in [0.25, 0.3) is 0 Å². The quantitative estimate of drug-likeness (QED) is 0.0262. The van der Waals surface area contributed by atoms with Crippen LogP contribution < -0.4 is 0 Å². The minimum absolute atomic E-state index is 0.0923. The topological polar surface area (TPSA) is 78.9 Å². The number of allylic oxidation sites excluding steroid dienone is 16. The molecular formula is C64H108O6. The predicted molar refractivity (Wildman–Crippen MR) is 302 cm³/mol. The van der Waals surface area contributed by atoms with E-state index in [0.29, 0.717) is 19.3 Å². The van der Waals surface area contributed by atoms with Gasteiger partial charge in [0.25, 0.3) is 0 Å². The maximum Gasteiger partial charge on any atom is 0.306 e. The molecule has 0 amide bonds. The lowest BCUT2D eigenvalue weighted by atomic mass is 10.1. The Balaban J connectivity index is 4.45. The van der Waals surface area contributed by atoms with Gasteiger partial charge >= 0.3 is 17.9 Å². The first-order chi connectivity index (χ1) is 34.5. The highest BCUT2D eigenvalue weighted by atomic mass is 16.6. The fourth-order valence-corrected chi connectivity index (χ4v) is 7.91. The van der Waals surface area contributed by atoms with Crippen LogP contribution in [-0.4, -0.2) is 37.2 Å². The van der Waals surface area contributed by atoms with E-state index in [4.69, 9.17) is 14.2 Å². The van der Waals surface area contributed by atoms with E-state index in [1.807, 2.05) is 0 Å². The van der Waals surface area contributed by atoms with Crippen molar-refractivity contribution in [2.45, 2.75) is 277 Å². The second-order valence-electron chi connectivity index (χ2n) is 19.2. The van der Waals surface area contributed by atoms with Gasteiger partial charge in [0.1, 0.15) is 13.2 Å². The molecule has 6 nitrogen and oxygen atoms in total. The Kier molecular flexibility index (Phi) is 54.9. The van der Waals surface area contributed by atoms with Crippen LogP contribution >= 0.6 is 0 Å². The second-order valence-corrected chi connectivity index (χ2v) is 19.2. The third-order valence-electron chi connectivity index (χ3n) is 12.3. The lowest BCUT2D eigenvalue weighted by Crippen LogP contribution is -2.30. The third kappa shape index (κ3) is 55.3. The number of carbonyl (C=O) groups excluding carboxylic acids is 3. The number of ether oxygens (including phenoxy) is 3. The summed E-state index contributed by atoms with van der Waals surface area (Å²) in [5, 5.41) is 0. The monoisotopic (exact) mass is 973 g/mol. The average molecular weight is 974 g/mol. The summed E-state index contributed by atoms with van der Waals surface area (Å²) in [6.07, 6.45) is 76.7. The van der Waals surface area contributed by atoms with Crippen LogP contribution in [0.15, 0.2) is 97.2 Å². The molecule has 0 aliphatic heterocycles. The number of esters is 3. The van der Waals surface area contributed by atoms with Crippen molar-refractivity contribution in [2.24, 2.45) is 0 Å². The molecular weight excluding hydrogens is 865 g/mol. The number of hydrogen-bond acceptors (Lipinski definition) is 6. The molecule has 0 aromatic heterocycles. The Hall–Kier alpha value is -3.67. The van der Waals surface area contributed by atoms with Gasteiger partial charge in [-0.15, -0.1) is 0 Å². The van der Waals surface area contributed by atoms with Gasteiger partial charge in [-0.25, -0.2) is 0 Å². The minimum atomic E-state index is -0.796. The Bertz CT molecular complexity index is 1400. The predicted octanol–water partition coefficient (Wildman–Crippen LogP) is 19.7. The molecule has 0 rings (SSSR count). The van der Waals surface area contributed by atoms with E-state index in [-0.39, 0.29) is 31.1 Å². The molecule has 0 aliphatic rings. The van der Waals surface area contributed by atoms with E-state index >= 15 is 0 Å². The van der Waals surface area contributed by atoms with Crippen molar-refractivity contribution in [2.75, 3.05) is 13.2 Å². The van der Waals surface area contributed by atoms with Crippen LogP contribution in [0, 0.1) is 0 Å². The zero-order chi connectivity index (χ0) is 50.7. The summed E-state index contributed by atoms with van der Waals surface area (Å²) < 4.78 is 16.9. The summed E-state index contributed by atoms with van der Waals surface area (Å²) >= 11 is 0. The van der Waals surface area contributed by atoms with Gasteiger partial charge in [-0.05, 0) is 122 Å². The third-order valence-corrected chi connectivity index (χ3v) is 12.3. The summed E-state index contributed by atoms with van der Waals surface area (Å²) in [5.74, 6) is -0.923. The van der Waals surface area contributed by atoms with Gasteiger partial charge in [0.15, 0.2) is 6.10 Å². The Morgan fingerprint density at radius 3 is 0.914 bits per heavy atom. The first-order valence-electron chi connectivity index (χ1n) is 29.2. The molecule has 0 spiro atoms. The maximum absolute atomic E-state index is 12.9. The summed E-state index contributed by atoms with van der Waals surface area (Å²) in [5.41, 5.74) is 0. The normalized spacial score (nSPS) is 12.8. The summed E-state index contributed by atoms with van der Waals surface area (Å²) in [4.78, 5) is 38.2. The van der Waals surface area contributed by atoms with Crippen LogP contribution in [0.2, 0.25) is 0 Å². The Morgan fingerprint density at radius 1 is 0.300 bits per heavy atom. The summed E-state index contributed by atoms with van der Waals surface area (Å²) in [6, 6.07) is 0. The van der Waals surface area contributed by atoms with Crippen LogP contribution in [0.4, 0.5) is 0 Å². The molecule has 400 valence electrons. The van der Waals surface area contributed by atoms with E-state index in [1.165, 1.54) is 103 Å². The molecule has 0 aliphatic carbocycles. The largest absolute Gasteiger partial charge is 0.462 e. The van der Waals surface area contributed by atoms with Gasteiger partial charge < -0.3 is 14.2 Å². The smallest absolute Gasteiger partial charge is 0.306 e. The second kappa shape index (κ2) is 57.9. The van der Waals surface area contributed by atoms with Crippen molar-refractivity contribution >= 4 is 17.9 Å². The molecule has 1 unspecified atom stereocenters. The number of carbonyl (C=O) groups is 3. The van der Waals surface area contributed by atoms with Crippen molar-refractivity contribution < 1.29 is 28.6 Å². The van der Waals surface area contributed by atoms with Crippen LogP contribution in [-0.2, 0) is 28.6 Å². The van der Waals surface area contributed by atoms with Crippen LogP contribution in [0.1, 0.15) is 271 Å². The fraction of sp³-hybridized carbons (Fsp3) is 0.703. The van der Waals surface area contributed by atoms with E-state index in [9.17, 15) is 14.4 Å². The zero-order valence-electron chi connectivity index (χ0n) is 45.8. The molecule has 0 fully saturated rings. The molecule has 0 saturated heterocycles. The van der Waals surface area contributed by atoms with Crippen molar-refractivity contribution in [3.63, 3.8) is 0 Å². The van der Waals surface area contributed by atoms with Crippen molar-refractivity contribution in [1.82, 2.24) is 0 Å². The highest BCUT2D eigenvalue weighted by molar-refractivity contribution is 5.71. The van der Waals surface area contributed by atoms with Gasteiger partial charge in [0.2, 0.25) is 0 Å². The van der Waals surface area contributed by atoms with Crippen molar-refractivity contribution in [1.29, 1.82) is 0 Å². The molecule has 0 bridgehead atoms. The maximum atomic E-state index is 12.9. The first kappa shape index (κ1) is 66.3. The fourth-order valence-electron chi connectivity index (χ4n) is 7.91. The molecule has 0 radical (unpaired) electrons. The molecule has 70 heavy (non-hydrogen) atoms. The SMILES string of the molecule is CC/C=C\C/C=C\C/C=C\C/C=C\CCCCCCCCC(=O)OCC(COC(=O)CCCCCCC/C=C\CCCCCCC)OC(=O)CCCCCCCC/C=C\C/C=C\C/C=C\CCCCC. The number of hydrogen-bond donors (Lipinski definition) is 0. The molecule has 0 N–H and O–H groups in total. The van der Waals surface area contributed by atoms with E-state index in [1.54, 1.807) is 0 Å². The molecule has 6 heteroatoms. The van der Waals surface area contributed by atoms with Gasteiger partial charge in [0, 0.05) is 19.3 Å². The zero-order valence-corrected chi connectivity index (χ0v) is 45.8. The summed E-state index contributed by atoms with van der Waals surface area (Å²) in [7, 11) is 0. The van der Waals surface area contributed by atoms with Gasteiger partial charge in [-0.3, -0.25) is 14.4 Å². The first-order valence-corrected chi connectivity index (χ1v) is 29.2. The standard InChI is InChI=1S/C64H108O6/c1-4-7-10-13-16-19-22-25-28-30-32-34-36-39-42-45-48-51-54-57-63(66)69-60-61(59-68-62(65)56-53-50-47-44-41-38-27-24-21-18-15-12-9-6-3)70-64(67)58-55-52-49-46-43-40-37-35-33-31-29-26-23-20-17-14-11-8-5-2/h7,10,16-17,19-20,24-29,32-35,61H,4-6,8-9,11-15,18,21-23,30-31,36-60H2,1-3H3/b10-7-,19-16-,20-17-,27-24-,28-25-,29-26-,34-32-,35-33-. The highest BCUT2D eigenvalue weighted by Crippen LogP contribution is 2.14. The van der Waals surface area contributed by atoms with E-state index in [2.05, 4.69) is 118 Å². The van der Waals surface area contributed by atoms with E-state index < -0.39 is 6.10 Å². The molecule has 0 heterocycles. The van der Waals surface area contributed by atoms with Crippen LogP contribution in [0.3, 0.4) is 0 Å². The van der Waals surface area contributed by atoms with E-state index in [0.717, 1.165) is 128 Å².